The van der Waals surface area contributed by atoms with Crippen LogP contribution in [-0.4, -0.2) is 10.1 Å². The molecule has 0 aliphatic carbocycles. The molecule has 5 heteroatoms. The van der Waals surface area contributed by atoms with Gasteiger partial charge < -0.3 is 9.84 Å². The van der Waals surface area contributed by atoms with Crippen molar-refractivity contribution in [1.82, 2.24) is 10.1 Å². The average Bonchev–Trinajstić information content (AvgIpc) is 3.03. The Morgan fingerprint density at radius 1 is 1.14 bits per heavy atom. The number of aromatic nitrogens is 2. The lowest BCUT2D eigenvalue weighted by atomic mass is 10.1. The van der Waals surface area contributed by atoms with Crippen LogP contribution in [0.1, 0.15) is 11.3 Å². The van der Waals surface area contributed by atoms with Gasteiger partial charge in [0.1, 0.15) is 17.6 Å². The maximum Gasteiger partial charge on any atom is 0.156 e. The van der Waals surface area contributed by atoms with Gasteiger partial charge in [0.25, 0.3) is 0 Å². The molecule has 0 fully saturated rings. The summed E-state index contributed by atoms with van der Waals surface area (Å²) in [5.41, 5.74) is 2.36. The molecule has 0 radical (unpaired) electrons. The molecule has 21 heavy (non-hydrogen) atoms. The Morgan fingerprint density at radius 2 is 2.00 bits per heavy atom. The quantitative estimate of drug-likeness (QED) is 0.791. The van der Waals surface area contributed by atoms with Crippen LogP contribution >= 0.6 is 0 Å². The highest BCUT2D eigenvalue weighted by Gasteiger charge is 2.06. The van der Waals surface area contributed by atoms with Gasteiger partial charge in [-0.3, -0.25) is 0 Å². The van der Waals surface area contributed by atoms with E-state index >= 15 is 0 Å². The normalized spacial score (nSPS) is 10.0. The van der Waals surface area contributed by atoms with Gasteiger partial charge in [-0.2, -0.15) is 5.26 Å². The van der Waals surface area contributed by atoms with Crippen LogP contribution in [0.4, 0.5) is 5.82 Å². The Hall–Kier alpha value is -3.13. The summed E-state index contributed by atoms with van der Waals surface area (Å²) >= 11 is 0. The van der Waals surface area contributed by atoms with Gasteiger partial charge in [-0.05, 0) is 12.1 Å². The van der Waals surface area contributed by atoms with Crippen LogP contribution in [-0.2, 0) is 6.54 Å². The molecule has 3 aromatic rings. The lowest BCUT2D eigenvalue weighted by Gasteiger charge is -2.01. The number of pyridine rings is 1. The highest BCUT2D eigenvalue weighted by molar-refractivity contribution is 5.58. The van der Waals surface area contributed by atoms with Crippen molar-refractivity contribution in [3.8, 4) is 17.3 Å². The topological polar surface area (TPSA) is 74.7 Å². The zero-order valence-electron chi connectivity index (χ0n) is 11.2. The van der Waals surface area contributed by atoms with Crippen molar-refractivity contribution in [1.29, 1.82) is 5.26 Å². The second-order valence-corrected chi connectivity index (χ2v) is 4.44. The van der Waals surface area contributed by atoms with Crippen molar-refractivity contribution in [3.63, 3.8) is 0 Å². The molecule has 0 atom stereocenters. The number of benzene rings is 1. The van der Waals surface area contributed by atoms with Crippen LogP contribution in [0.25, 0.3) is 11.3 Å². The van der Waals surface area contributed by atoms with E-state index in [1.165, 1.54) is 6.20 Å². The molecule has 102 valence electrons. The van der Waals surface area contributed by atoms with E-state index in [1.54, 1.807) is 12.1 Å². The van der Waals surface area contributed by atoms with Gasteiger partial charge in [0.05, 0.1) is 12.1 Å². The lowest BCUT2D eigenvalue weighted by Crippen LogP contribution is -2.00. The lowest BCUT2D eigenvalue weighted by molar-refractivity contribution is 0.390. The molecule has 0 amide bonds. The van der Waals surface area contributed by atoms with Crippen LogP contribution in [0, 0.1) is 11.3 Å². The molecule has 3 rings (SSSR count). The number of anilines is 1. The summed E-state index contributed by atoms with van der Waals surface area (Å²) in [6.45, 7) is 0.485. The van der Waals surface area contributed by atoms with E-state index in [0.29, 0.717) is 17.9 Å². The molecule has 5 nitrogen and oxygen atoms in total. The van der Waals surface area contributed by atoms with Crippen LogP contribution < -0.4 is 5.32 Å². The number of hydrogen-bond acceptors (Lipinski definition) is 5. The van der Waals surface area contributed by atoms with Gasteiger partial charge in [-0.15, -0.1) is 0 Å². The van der Waals surface area contributed by atoms with Gasteiger partial charge in [0, 0.05) is 17.8 Å². The first-order chi connectivity index (χ1) is 10.3. The zero-order chi connectivity index (χ0) is 14.5. The molecule has 0 saturated carbocycles. The van der Waals surface area contributed by atoms with E-state index in [0.717, 1.165) is 17.0 Å². The highest BCUT2D eigenvalue weighted by Crippen LogP contribution is 2.19. The van der Waals surface area contributed by atoms with E-state index in [9.17, 15) is 0 Å². The number of hydrogen-bond donors (Lipinski definition) is 1. The first-order valence-corrected chi connectivity index (χ1v) is 6.46. The predicted molar refractivity (Wildman–Crippen MR) is 78.2 cm³/mol. The van der Waals surface area contributed by atoms with Crippen LogP contribution in [0.2, 0.25) is 0 Å². The zero-order valence-corrected chi connectivity index (χ0v) is 11.2. The molecule has 0 saturated heterocycles. The minimum atomic E-state index is 0.485. The van der Waals surface area contributed by atoms with Crippen molar-refractivity contribution in [2.75, 3.05) is 5.32 Å². The fourth-order valence-electron chi connectivity index (χ4n) is 1.88. The molecular formula is C16H12N4O. The summed E-state index contributed by atoms with van der Waals surface area (Å²) in [4.78, 5) is 4.13. The first kappa shape index (κ1) is 12.9. The van der Waals surface area contributed by atoms with Gasteiger partial charge in [0.15, 0.2) is 5.76 Å². The second-order valence-electron chi connectivity index (χ2n) is 4.44. The third kappa shape index (κ3) is 3.07. The summed E-state index contributed by atoms with van der Waals surface area (Å²) < 4.78 is 5.29. The van der Waals surface area contributed by atoms with E-state index in [4.69, 9.17) is 9.78 Å². The van der Waals surface area contributed by atoms with Gasteiger partial charge in [0.2, 0.25) is 0 Å². The highest BCUT2D eigenvalue weighted by atomic mass is 16.5. The Morgan fingerprint density at radius 3 is 2.71 bits per heavy atom. The van der Waals surface area contributed by atoms with Gasteiger partial charge in [-0.25, -0.2) is 4.98 Å². The average molecular weight is 276 g/mol. The van der Waals surface area contributed by atoms with Crippen LogP contribution in [0.3, 0.4) is 0 Å². The summed E-state index contributed by atoms with van der Waals surface area (Å²) in [5, 5.41) is 15.9. The molecule has 0 bridgehead atoms. The SMILES string of the molecule is N#Cc1ccc(NCc2cc(-c3ccccc3)no2)nc1. The van der Waals surface area contributed by atoms with Gasteiger partial charge in [-0.1, -0.05) is 35.5 Å². The number of nitriles is 1. The van der Waals surface area contributed by atoms with Crippen molar-refractivity contribution < 1.29 is 4.52 Å². The van der Waals surface area contributed by atoms with E-state index in [-0.39, 0.29) is 0 Å². The minimum absolute atomic E-state index is 0.485. The summed E-state index contributed by atoms with van der Waals surface area (Å²) in [5.74, 6) is 1.41. The Labute approximate surface area is 121 Å². The number of nitrogens with one attached hydrogen (secondary N) is 1. The first-order valence-electron chi connectivity index (χ1n) is 6.46. The Bertz CT molecular complexity index is 757. The maximum absolute atomic E-state index is 8.71. The standard InChI is InChI=1S/C16H12N4O/c17-9-12-6-7-16(18-10-12)19-11-14-8-15(20-21-14)13-4-2-1-3-5-13/h1-8,10H,11H2,(H,18,19). The number of rotatable bonds is 4. The largest absolute Gasteiger partial charge is 0.363 e. The van der Waals surface area contributed by atoms with Crippen LogP contribution in [0.5, 0.6) is 0 Å². The monoisotopic (exact) mass is 276 g/mol. The predicted octanol–water partition coefficient (Wildman–Crippen LogP) is 3.22. The molecule has 1 N–H and O–H groups in total. The fraction of sp³-hybridized carbons (Fsp3) is 0.0625. The Kier molecular flexibility index (Phi) is 3.61. The molecule has 2 aromatic heterocycles. The molecular weight excluding hydrogens is 264 g/mol. The molecule has 0 aliphatic rings. The maximum atomic E-state index is 8.71. The van der Waals surface area contributed by atoms with Gasteiger partial charge >= 0.3 is 0 Å². The summed E-state index contributed by atoms with van der Waals surface area (Å²) in [7, 11) is 0. The number of nitrogens with zero attached hydrogens (tertiary/aromatic N) is 3. The third-order valence-corrected chi connectivity index (χ3v) is 2.96. The van der Waals surface area contributed by atoms with Crippen molar-refractivity contribution in [2.24, 2.45) is 0 Å². The van der Waals surface area contributed by atoms with Crippen LogP contribution in [0.15, 0.2) is 59.3 Å². The fourth-order valence-corrected chi connectivity index (χ4v) is 1.88. The Balaban J connectivity index is 1.66. The van der Waals surface area contributed by atoms with E-state index in [2.05, 4.69) is 15.5 Å². The second kappa shape index (κ2) is 5.88. The van der Waals surface area contributed by atoms with E-state index in [1.807, 2.05) is 42.5 Å². The molecule has 0 unspecified atom stereocenters. The smallest absolute Gasteiger partial charge is 0.156 e. The minimum Gasteiger partial charge on any atom is -0.363 e. The molecule has 1 aromatic carbocycles. The molecule has 0 aliphatic heterocycles. The molecule has 2 heterocycles. The third-order valence-electron chi connectivity index (χ3n) is 2.96. The van der Waals surface area contributed by atoms with E-state index < -0.39 is 0 Å². The molecule has 0 spiro atoms. The summed E-state index contributed by atoms with van der Waals surface area (Å²) in [6, 6.07) is 17.2. The van der Waals surface area contributed by atoms with Crippen molar-refractivity contribution in [2.45, 2.75) is 6.54 Å². The summed E-state index contributed by atoms with van der Waals surface area (Å²) in [6.07, 6.45) is 1.53. The van der Waals surface area contributed by atoms with Crippen molar-refractivity contribution >= 4 is 5.82 Å². The van der Waals surface area contributed by atoms with Crippen molar-refractivity contribution in [3.05, 3.63) is 66.1 Å².